The van der Waals surface area contributed by atoms with Crippen molar-refractivity contribution in [3.63, 3.8) is 0 Å². The van der Waals surface area contributed by atoms with E-state index in [9.17, 15) is 13.2 Å². The number of carbonyl (C=O) groups is 1. The van der Waals surface area contributed by atoms with Gasteiger partial charge in [0.25, 0.3) is 5.91 Å². The highest BCUT2D eigenvalue weighted by Crippen LogP contribution is 2.37. The molecule has 0 aliphatic heterocycles. The van der Waals surface area contributed by atoms with E-state index in [1.807, 2.05) is 30.3 Å². The van der Waals surface area contributed by atoms with Crippen molar-refractivity contribution in [3.8, 4) is 11.5 Å². The molecule has 2 aromatic rings. The Morgan fingerprint density at radius 2 is 1.67 bits per heavy atom. The number of sulfonamides is 1. The Balaban J connectivity index is 2.61. The monoisotopic (exact) mass is 436 g/mol. The summed E-state index contributed by atoms with van der Waals surface area (Å²) in [5, 5.41) is 2.81. The highest BCUT2D eigenvalue weighted by atomic mass is 32.2. The van der Waals surface area contributed by atoms with E-state index >= 15 is 0 Å². The Hall–Kier alpha value is -2.78. The number of benzene rings is 2. The Morgan fingerprint density at radius 1 is 1.07 bits per heavy atom. The molecule has 0 saturated heterocycles. The summed E-state index contributed by atoms with van der Waals surface area (Å²) in [5.74, 6) is 0.187. The molecule has 0 unspecified atom stereocenters. The Labute approximate surface area is 177 Å². The summed E-state index contributed by atoms with van der Waals surface area (Å²) in [6.07, 6.45) is 1.10. The molecule has 0 spiro atoms. The van der Waals surface area contributed by atoms with E-state index in [-0.39, 0.29) is 23.8 Å². The average Bonchev–Trinajstić information content (AvgIpc) is 2.71. The van der Waals surface area contributed by atoms with Crippen molar-refractivity contribution in [2.45, 2.75) is 19.5 Å². The van der Waals surface area contributed by atoms with Gasteiger partial charge in [0.2, 0.25) is 10.0 Å². The summed E-state index contributed by atoms with van der Waals surface area (Å²) in [6, 6.07) is 11.8. The number of ether oxygens (including phenoxy) is 3. The number of rotatable bonds is 10. The SMILES string of the molecule is COC[C@H](C)NC(=O)c1cc(OC)c(OC)cc1N(Cc1ccccc1)S(C)(=O)=O. The van der Waals surface area contributed by atoms with Gasteiger partial charge in [0.05, 0.1) is 44.9 Å². The zero-order valence-corrected chi connectivity index (χ0v) is 18.7. The molecule has 30 heavy (non-hydrogen) atoms. The van der Waals surface area contributed by atoms with Crippen molar-refractivity contribution in [2.24, 2.45) is 0 Å². The molecule has 0 bridgehead atoms. The summed E-state index contributed by atoms with van der Waals surface area (Å²) < 4.78 is 42.3. The topological polar surface area (TPSA) is 94.2 Å². The molecule has 9 heteroatoms. The lowest BCUT2D eigenvalue weighted by Crippen LogP contribution is -2.37. The molecule has 1 amide bonds. The zero-order chi connectivity index (χ0) is 22.3. The maximum atomic E-state index is 13.0. The summed E-state index contributed by atoms with van der Waals surface area (Å²) in [5.41, 5.74) is 1.12. The summed E-state index contributed by atoms with van der Waals surface area (Å²) >= 11 is 0. The Kier molecular flexibility index (Phi) is 8.08. The standard InChI is InChI=1S/C21H28N2O6S/c1-15(14-27-2)22-21(24)17-11-19(28-3)20(29-4)12-18(17)23(30(5,25)26)13-16-9-7-6-8-10-16/h6-12,15H,13-14H2,1-5H3,(H,22,24)/t15-/m0/s1. The fourth-order valence-electron chi connectivity index (χ4n) is 2.98. The van der Waals surface area contributed by atoms with Gasteiger partial charge in [-0.2, -0.15) is 0 Å². The molecule has 2 aromatic carbocycles. The van der Waals surface area contributed by atoms with Gasteiger partial charge in [-0.3, -0.25) is 9.10 Å². The third-order valence-corrected chi connectivity index (χ3v) is 5.51. The quantitative estimate of drug-likeness (QED) is 0.615. The third-order valence-electron chi connectivity index (χ3n) is 4.38. The van der Waals surface area contributed by atoms with Gasteiger partial charge >= 0.3 is 0 Å². The molecule has 0 aromatic heterocycles. The molecule has 1 N–H and O–H groups in total. The second kappa shape index (κ2) is 10.3. The van der Waals surface area contributed by atoms with Crippen molar-refractivity contribution in [3.05, 3.63) is 53.6 Å². The van der Waals surface area contributed by atoms with E-state index in [2.05, 4.69) is 5.32 Å². The lowest BCUT2D eigenvalue weighted by atomic mass is 10.1. The van der Waals surface area contributed by atoms with Gasteiger partial charge in [-0.1, -0.05) is 30.3 Å². The first-order valence-corrected chi connectivity index (χ1v) is 11.1. The first-order valence-electron chi connectivity index (χ1n) is 9.28. The van der Waals surface area contributed by atoms with Gasteiger partial charge in [0, 0.05) is 19.2 Å². The number of hydrogen-bond donors (Lipinski definition) is 1. The maximum absolute atomic E-state index is 13.0. The van der Waals surface area contributed by atoms with Crippen molar-refractivity contribution < 1.29 is 27.4 Å². The second-order valence-corrected chi connectivity index (χ2v) is 8.72. The van der Waals surface area contributed by atoms with Crippen LogP contribution in [0, 0.1) is 0 Å². The van der Waals surface area contributed by atoms with Crippen LogP contribution < -0.4 is 19.1 Å². The predicted molar refractivity (Wildman–Crippen MR) is 116 cm³/mol. The predicted octanol–water partition coefficient (Wildman–Crippen LogP) is 2.43. The minimum Gasteiger partial charge on any atom is -0.493 e. The first kappa shape index (κ1) is 23.5. The van der Waals surface area contributed by atoms with Gasteiger partial charge in [0.1, 0.15) is 0 Å². The normalized spacial score (nSPS) is 12.2. The van der Waals surface area contributed by atoms with Gasteiger partial charge in [-0.15, -0.1) is 0 Å². The van der Waals surface area contributed by atoms with Gasteiger partial charge in [0.15, 0.2) is 11.5 Å². The third kappa shape index (κ3) is 5.87. The Morgan fingerprint density at radius 3 is 2.20 bits per heavy atom. The van der Waals surface area contributed by atoms with Gasteiger partial charge in [-0.25, -0.2) is 8.42 Å². The van der Waals surface area contributed by atoms with Crippen molar-refractivity contribution in [1.29, 1.82) is 0 Å². The lowest BCUT2D eigenvalue weighted by Gasteiger charge is -2.26. The summed E-state index contributed by atoms with van der Waals surface area (Å²) in [6.45, 7) is 2.16. The molecule has 164 valence electrons. The van der Waals surface area contributed by atoms with Gasteiger partial charge < -0.3 is 19.5 Å². The molecule has 0 aliphatic rings. The van der Waals surface area contributed by atoms with Crippen LogP contribution in [0.3, 0.4) is 0 Å². The smallest absolute Gasteiger partial charge is 0.253 e. The van der Waals surface area contributed by atoms with Crippen LogP contribution in [0.5, 0.6) is 11.5 Å². The van der Waals surface area contributed by atoms with Crippen LogP contribution in [0.2, 0.25) is 0 Å². The van der Waals surface area contributed by atoms with Crippen LogP contribution in [0.25, 0.3) is 0 Å². The molecule has 1 atom stereocenters. The minimum absolute atomic E-state index is 0.0586. The minimum atomic E-state index is -3.72. The molecule has 0 saturated carbocycles. The van der Waals surface area contributed by atoms with E-state index in [4.69, 9.17) is 14.2 Å². The van der Waals surface area contributed by atoms with E-state index in [0.29, 0.717) is 18.1 Å². The fraction of sp³-hybridized carbons (Fsp3) is 0.381. The molecule has 8 nitrogen and oxygen atoms in total. The van der Waals surface area contributed by atoms with Crippen molar-refractivity contribution in [2.75, 3.05) is 38.5 Å². The van der Waals surface area contributed by atoms with Crippen molar-refractivity contribution >= 4 is 21.6 Å². The zero-order valence-electron chi connectivity index (χ0n) is 17.8. The molecule has 0 aliphatic carbocycles. The van der Waals surface area contributed by atoms with E-state index in [1.165, 1.54) is 37.8 Å². The molecular weight excluding hydrogens is 408 g/mol. The van der Waals surface area contributed by atoms with Crippen LogP contribution in [0.4, 0.5) is 5.69 Å². The highest BCUT2D eigenvalue weighted by molar-refractivity contribution is 7.92. The number of hydrogen-bond acceptors (Lipinski definition) is 6. The Bertz CT molecular complexity index is 963. The molecular formula is C21H28N2O6S. The van der Waals surface area contributed by atoms with Crippen LogP contribution in [0.1, 0.15) is 22.8 Å². The average molecular weight is 437 g/mol. The second-order valence-electron chi connectivity index (χ2n) is 6.81. The number of anilines is 1. The summed E-state index contributed by atoms with van der Waals surface area (Å²) in [7, 11) is 0.712. The summed E-state index contributed by atoms with van der Waals surface area (Å²) in [4.78, 5) is 13.0. The van der Waals surface area contributed by atoms with Crippen LogP contribution >= 0.6 is 0 Å². The van der Waals surface area contributed by atoms with Gasteiger partial charge in [-0.05, 0) is 18.6 Å². The number of methoxy groups -OCH3 is 3. The molecule has 0 heterocycles. The highest BCUT2D eigenvalue weighted by Gasteiger charge is 2.27. The van der Waals surface area contributed by atoms with E-state index < -0.39 is 15.9 Å². The molecule has 0 radical (unpaired) electrons. The molecule has 2 rings (SSSR count). The number of carbonyl (C=O) groups excluding carboxylic acids is 1. The first-order chi connectivity index (χ1) is 14.2. The number of nitrogens with one attached hydrogen (secondary N) is 1. The lowest BCUT2D eigenvalue weighted by molar-refractivity contribution is 0.0906. The van der Waals surface area contributed by atoms with Crippen LogP contribution in [-0.4, -0.2) is 54.6 Å². The van der Waals surface area contributed by atoms with Crippen molar-refractivity contribution in [1.82, 2.24) is 5.32 Å². The van der Waals surface area contributed by atoms with E-state index in [0.717, 1.165) is 11.8 Å². The van der Waals surface area contributed by atoms with Crippen LogP contribution in [0.15, 0.2) is 42.5 Å². The maximum Gasteiger partial charge on any atom is 0.253 e. The van der Waals surface area contributed by atoms with E-state index in [1.54, 1.807) is 6.92 Å². The number of amides is 1. The fourth-order valence-corrected chi connectivity index (χ4v) is 3.87. The molecule has 0 fully saturated rings. The van der Waals surface area contributed by atoms with Crippen LogP contribution in [-0.2, 0) is 21.3 Å². The largest absolute Gasteiger partial charge is 0.493 e. The number of nitrogens with zero attached hydrogens (tertiary/aromatic N) is 1.